The number of aryl methyl sites for hydroxylation is 1. The molecule has 3 heterocycles. The highest BCUT2D eigenvalue weighted by molar-refractivity contribution is 7.91. The van der Waals surface area contributed by atoms with Crippen LogP contribution in [0.2, 0.25) is 0 Å². The molecule has 7 heteroatoms. The Hall–Kier alpha value is -0.470. The van der Waals surface area contributed by atoms with Gasteiger partial charge in [0.1, 0.15) is 4.21 Å². The van der Waals surface area contributed by atoms with Crippen LogP contribution < -0.4 is 0 Å². The fourth-order valence-electron chi connectivity index (χ4n) is 3.69. The van der Waals surface area contributed by atoms with E-state index in [9.17, 15) is 8.42 Å². The average molecular weight is 345 g/mol. The van der Waals surface area contributed by atoms with Gasteiger partial charge in [-0.3, -0.25) is 0 Å². The van der Waals surface area contributed by atoms with Crippen molar-refractivity contribution in [3.05, 3.63) is 17.0 Å². The highest BCUT2D eigenvalue weighted by Crippen LogP contribution is 2.42. The van der Waals surface area contributed by atoms with Crippen molar-refractivity contribution in [2.45, 2.75) is 36.5 Å². The number of nitrogens with zero attached hydrogens (tertiary/aromatic N) is 1. The van der Waals surface area contributed by atoms with Crippen molar-refractivity contribution in [3.8, 4) is 0 Å². The van der Waals surface area contributed by atoms with Gasteiger partial charge < -0.3 is 9.47 Å². The second-order valence-electron chi connectivity index (χ2n) is 6.28. The molecule has 22 heavy (non-hydrogen) atoms. The standard InChI is InChI=1S/C15H23NO4S2/c1-12-5-9-21-14(12)22(17,18)16-7-4-13-15(10-16,11-19-2)6-3-8-20-13/h5,9,13H,3-4,6-8,10-11H2,1-2H3. The van der Waals surface area contributed by atoms with Gasteiger partial charge in [-0.2, -0.15) is 4.31 Å². The van der Waals surface area contributed by atoms with Crippen LogP contribution in [0.3, 0.4) is 0 Å². The molecule has 2 aliphatic rings. The molecule has 2 fully saturated rings. The third-order valence-electron chi connectivity index (χ3n) is 4.77. The molecule has 0 saturated carbocycles. The van der Waals surface area contributed by atoms with Crippen molar-refractivity contribution < 1.29 is 17.9 Å². The molecule has 1 aromatic rings. The first kappa shape index (κ1) is 16.4. The van der Waals surface area contributed by atoms with E-state index in [0.29, 0.717) is 23.9 Å². The Bertz CT molecular complexity index is 623. The van der Waals surface area contributed by atoms with Crippen molar-refractivity contribution in [1.29, 1.82) is 0 Å². The second kappa shape index (κ2) is 6.20. The Balaban J connectivity index is 1.89. The molecule has 5 nitrogen and oxygen atoms in total. The summed E-state index contributed by atoms with van der Waals surface area (Å²) in [5.74, 6) is 0. The van der Waals surface area contributed by atoms with Gasteiger partial charge in [0.2, 0.25) is 0 Å². The lowest BCUT2D eigenvalue weighted by Crippen LogP contribution is -2.57. The first-order chi connectivity index (χ1) is 10.5. The monoisotopic (exact) mass is 345 g/mol. The molecule has 3 rings (SSSR count). The van der Waals surface area contributed by atoms with E-state index in [1.165, 1.54) is 11.3 Å². The first-order valence-electron chi connectivity index (χ1n) is 7.64. The van der Waals surface area contributed by atoms with Gasteiger partial charge in [0.25, 0.3) is 10.0 Å². The molecule has 0 bridgehead atoms. The third-order valence-corrected chi connectivity index (χ3v) is 8.28. The Morgan fingerprint density at radius 1 is 1.55 bits per heavy atom. The SMILES string of the molecule is COCC12CCCOC1CCN(S(=O)(=O)c1sccc1C)C2. The summed E-state index contributed by atoms with van der Waals surface area (Å²) in [7, 11) is -1.74. The maximum Gasteiger partial charge on any atom is 0.252 e. The van der Waals surface area contributed by atoms with E-state index < -0.39 is 10.0 Å². The lowest BCUT2D eigenvalue weighted by Gasteiger charge is -2.49. The van der Waals surface area contributed by atoms with Crippen molar-refractivity contribution in [2.24, 2.45) is 5.41 Å². The second-order valence-corrected chi connectivity index (χ2v) is 9.33. The van der Waals surface area contributed by atoms with Crippen LogP contribution in [0, 0.1) is 12.3 Å². The van der Waals surface area contributed by atoms with Gasteiger partial charge in [-0.05, 0) is 43.2 Å². The predicted octanol–water partition coefficient (Wildman–Crippen LogP) is 2.26. The van der Waals surface area contributed by atoms with Crippen molar-refractivity contribution >= 4 is 21.4 Å². The summed E-state index contributed by atoms with van der Waals surface area (Å²) >= 11 is 1.30. The smallest absolute Gasteiger partial charge is 0.252 e. The molecule has 0 amide bonds. The summed E-state index contributed by atoms with van der Waals surface area (Å²) in [5.41, 5.74) is 0.622. The summed E-state index contributed by atoms with van der Waals surface area (Å²) in [6, 6.07) is 1.86. The fraction of sp³-hybridized carbons (Fsp3) is 0.733. The van der Waals surface area contributed by atoms with E-state index in [-0.39, 0.29) is 11.5 Å². The van der Waals surface area contributed by atoms with Crippen LogP contribution in [0.25, 0.3) is 0 Å². The maximum absolute atomic E-state index is 12.9. The van der Waals surface area contributed by atoms with Crippen LogP contribution in [-0.2, 0) is 19.5 Å². The third kappa shape index (κ3) is 2.73. The van der Waals surface area contributed by atoms with E-state index >= 15 is 0 Å². The number of hydrogen-bond donors (Lipinski definition) is 0. The molecule has 2 aliphatic heterocycles. The lowest BCUT2D eigenvalue weighted by atomic mass is 9.73. The number of rotatable bonds is 4. The fourth-order valence-corrected chi connectivity index (χ4v) is 6.79. The van der Waals surface area contributed by atoms with Gasteiger partial charge >= 0.3 is 0 Å². The highest BCUT2D eigenvalue weighted by Gasteiger charge is 2.48. The lowest BCUT2D eigenvalue weighted by molar-refractivity contribution is -0.137. The van der Waals surface area contributed by atoms with Crippen molar-refractivity contribution in [1.82, 2.24) is 4.31 Å². The average Bonchev–Trinajstić information content (AvgIpc) is 2.93. The minimum atomic E-state index is -3.42. The van der Waals surface area contributed by atoms with Gasteiger partial charge in [-0.15, -0.1) is 11.3 Å². The molecular formula is C15H23NO4S2. The number of ether oxygens (including phenoxy) is 2. The molecular weight excluding hydrogens is 322 g/mol. The van der Waals surface area contributed by atoms with Gasteiger partial charge in [0.15, 0.2) is 0 Å². The Morgan fingerprint density at radius 2 is 2.36 bits per heavy atom. The zero-order valence-corrected chi connectivity index (χ0v) is 14.7. The number of piperidine rings is 1. The normalized spacial score (nSPS) is 30.2. The van der Waals surface area contributed by atoms with Crippen LogP contribution in [0.1, 0.15) is 24.8 Å². The number of hydrogen-bond acceptors (Lipinski definition) is 5. The molecule has 0 aromatic carbocycles. The Labute approximate surface area is 136 Å². The number of fused-ring (bicyclic) bond motifs is 1. The Morgan fingerprint density at radius 3 is 3.05 bits per heavy atom. The van der Waals surface area contributed by atoms with Crippen LogP contribution in [0.4, 0.5) is 0 Å². The summed E-state index contributed by atoms with van der Waals surface area (Å²) in [4.78, 5) is 0. The molecule has 1 aromatic heterocycles. The summed E-state index contributed by atoms with van der Waals surface area (Å²) in [6.45, 7) is 4.19. The molecule has 0 radical (unpaired) electrons. The topological polar surface area (TPSA) is 55.8 Å². The molecule has 0 N–H and O–H groups in total. The van der Waals surface area contributed by atoms with Crippen molar-refractivity contribution in [2.75, 3.05) is 33.4 Å². The van der Waals surface area contributed by atoms with E-state index in [4.69, 9.17) is 9.47 Å². The minimum Gasteiger partial charge on any atom is -0.384 e. The largest absolute Gasteiger partial charge is 0.384 e. The van der Waals surface area contributed by atoms with Gasteiger partial charge in [-0.1, -0.05) is 0 Å². The minimum absolute atomic E-state index is 0.108. The number of thiophene rings is 1. The van der Waals surface area contributed by atoms with Crippen LogP contribution in [0.5, 0.6) is 0 Å². The Kier molecular flexibility index (Phi) is 4.62. The number of sulfonamides is 1. The van der Waals surface area contributed by atoms with Crippen LogP contribution in [-0.4, -0.2) is 52.2 Å². The van der Waals surface area contributed by atoms with Crippen molar-refractivity contribution in [3.63, 3.8) is 0 Å². The zero-order valence-electron chi connectivity index (χ0n) is 13.1. The zero-order chi connectivity index (χ0) is 15.8. The molecule has 2 atom stereocenters. The summed E-state index contributed by atoms with van der Waals surface area (Å²) in [6.07, 6.45) is 2.77. The molecule has 0 aliphatic carbocycles. The van der Waals surface area contributed by atoms with Gasteiger partial charge in [0, 0.05) is 32.2 Å². The predicted molar refractivity (Wildman–Crippen MR) is 85.7 cm³/mol. The van der Waals surface area contributed by atoms with Gasteiger partial charge in [-0.25, -0.2) is 8.42 Å². The van der Waals surface area contributed by atoms with E-state index in [2.05, 4.69) is 0 Å². The molecule has 124 valence electrons. The highest BCUT2D eigenvalue weighted by atomic mass is 32.2. The van der Waals surface area contributed by atoms with Crippen LogP contribution in [0.15, 0.2) is 15.7 Å². The molecule has 0 spiro atoms. The van der Waals surface area contributed by atoms with Gasteiger partial charge in [0.05, 0.1) is 12.7 Å². The van der Waals surface area contributed by atoms with Crippen LogP contribution >= 0.6 is 11.3 Å². The van der Waals surface area contributed by atoms with E-state index in [0.717, 1.165) is 31.4 Å². The van der Waals surface area contributed by atoms with E-state index in [1.807, 2.05) is 18.4 Å². The maximum atomic E-state index is 12.9. The first-order valence-corrected chi connectivity index (χ1v) is 9.96. The molecule has 2 unspecified atom stereocenters. The summed E-state index contributed by atoms with van der Waals surface area (Å²) in [5, 5.41) is 1.84. The summed E-state index contributed by atoms with van der Waals surface area (Å²) < 4.78 is 39.3. The molecule has 2 saturated heterocycles. The van der Waals surface area contributed by atoms with E-state index in [1.54, 1.807) is 11.4 Å². The number of methoxy groups -OCH3 is 1. The quantitative estimate of drug-likeness (QED) is 0.840.